The lowest BCUT2D eigenvalue weighted by molar-refractivity contribution is 0.0834. The molecule has 0 aliphatic heterocycles. The maximum Gasteiger partial charge on any atom is 0.228 e. The lowest BCUT2D eigenvalue weighted by atomic mass is 9.81. The van der Waals surface area contributed by atoms with Crippen molar-refractivity contribution >= 4 is 40.8 Å². The van der Waals surface area contributed by atoms with Gasteiger partial charge in [-0.25, -0.2) is 9.97 Å². The van der Waals surface area contributed by atoms with Crippen LogP contribution in [0, 0.1) is 0 Å². The molecule has 1 saturated carbocycles. The van der Waals surface area contributed by atoms with Crippen molar-refractivity contribution in [2.75, 3.05) is 20.7 Å². The number of pyridine rings is 1. The van der Waals surface area contributed by atoms with Crippen LogP contribution < -0.4 is 0 Å². The van der Waals surface area contributed by atoms with E-state index in [1.807, 2.05) is 4.57 Å². The van der Waals surface area contributed by atoms with Crippen LogP contribution in [0.1, 0.15) is 53.3 Å². The van der Waals surface area contributed by atoms with Gasteiger partial charge in [0, 0.05) is 32.5 Å². The Morgan fingerprint density at radius 1 is 1.14 bits per heavy atom. The van der Waals surface area contributed by atoms with E-state index in [1.54, 1.807) is 18.3 Å². The molecule has 2 aromatic heterocycles. The third-order valence-corrected chi connectivity index (χ3v) is 9.22. The van der Waals surface area contributed by atoms with Crippen LogP contribution in [0.4, 0.5) is 0 Å². The van der Waals surface area contributed by atoms with Gasteiger partial charge in [-0.05, 0) is 97.5 Å². The van der Waals surface area contributed by atoms with E-state index in [-0.39, 0.29) is 5.78 Å². The maximum atomic E-state index is 13.5. The molecule has 0 bridgehead atoms. The number of hydrogen-bond donors (Lipinski definition) is 0. The van der Waals surface area contributed by atoms with E-state index in [2.05, 4.69) is 77.7 Å². The average molecular weight is 558 g/mol. The zero-order valence-corrected chi connectivity index (χ0v) is 24.1. The molecule has 0 saturated heterocycles. The van der Waals surface area contributed by atoms with Crippen molar-refractivity contribution in [3.05, 3.63) is 58.1 Å². The molecule has 188 valence electrons. The molecule has 6 nitrogen and oxygen atoms in total. The second-order valence-corrected chi connectivity index (χ2v) is 17.6. The monoisotopic (exact) mass is 556 g/mol. The van der Waals surface area contributed by atoms with Gasteiger partial charge in [-0.1, -0.05) is 25.7 Å². The van der Waals surface area contributed by atoms with Gasteiger partial charge in [0.1, 0.15) is 11.3 Å². The Labute approximate surface area is 218 Å². The summed E-state index contributed by atoms with van der Waals surface area (Å²) in [5.74, 6) is 0.841. The van der Waals surface area contributed by atoms with E-state index < -0.39 is 8.07 Å². The number of benzene rings is 1. The molecule has 0 atom stereocenters. The predicted octanol–water partition coefficient (Wildman–Crippen LogP) is 6.32. The molecule has 8 heteroatoms. The van der Waals surface area contributed by atoms with Crippen LogP contribution in [0.3, 0.4) is 0 Å². The van der Waals surface area contributed by atoms with Gasteiger partial charge in [0.25, 0.3) is 0 Å². The van der Waals surface area contributed by atoms with Crippen molar-refractivity contribution in [3.63, 3.8) is 0 Å². The number of fused-ring (bicyclic) bond motifs is 1. The summed E-state index contributed by atoms with van der Waals surface area (Å²) in [7, 11) is 3.15. The van der Waals surface area contributed by atoms with Crippen molar-refractivity contribution in [2.45, 2.75) is 70.1 Å². The smallest absolute Gasteiger partial charge is 0.228 e. The first kappa shape index (κ1) is 26.2. The molecule has 1 fully saturated rings. The van der Waals surface area contributed by atoms with Gasteiger partial charge in [0.15, 0.2) is 5.82 Å². The van der Waals surface area contributed by atoms with Crippen molar-refractivity contribution in [1.29, 1.82) is 0 Å². The van der Waals surface area contributed by atoms with Gasteiger partial charge in [-0.2, -0.15) is 0 Å². The van der Waals surface area contributed by atoms with Crippen LogP contribution in [0.25, 0.3) is 11.0 Å². The summed E-state index contributed by atoms with van der Waals surface area (Å²) in [6, 6.07) is 11.7. The number of nitrogens with zero attached hydrogens (tertiary/aromatic N) is 4. The molecule has 0 amide bonds. The average Bonchev–Trinajstić information content (AvgIpc) is 3.18. The maximum absolute atomic E-state index is 13.5. The standard InChI is InChI=1S/C27H37BrN4O2Si/c1-31(2)22-9-6-19(7-10-22)20-8-11-23-24(16-20)32(18-34-14-15-35(3,4)5)27(30-23)26(33)21-12-13-29-25(28)17-21/h8,11-13,16-17,19,22H,6-7,9-10,14-15,18H2,1-5H3. The molecule has 3 aromatic rings. The van der Waals surface area contributed by atoms with Crippen LogP contribution in [0.5, 0.6) is 0 Å². The number of carbonyl (C=O) groups is 1. The van der Waals surface area contributed by atoms with Gasteiger partial charge in [-0.15, -0.1) is 0 Å². The highest BCUT2D eigenvalue weighted by Gasteiger charge is 2.25. The lowest BCUT2D eigenvalue weighted by Crippen LogP contribution is -2.31. The lowest BCUT2D eigenvalue weighted by Gasteiger charge is -2.32. The van der Waals surface area contributed by atoms with Gasteiger partial charge in [0.2, 0.25) is 5.78 Å². The van der Waals surface area contributed by atoms with Gasteiger partial charge >= 0.3 is 0 Å². The zero-order valence-electron chi connectivity index (χ0n) is 21.6. The number of ether oxygens (including phenoxy) is 1. The molecule has 1 aliphatic carbocycles. The minimum atomic E-state index is -1.21. The molecule has 2 heterocycles. The fourth-order valence-corrected chi connectivity index (χ4v) is 5.95. The van der Waals surface area contributed by atoms with E-state index in [0.29, 0.717) is 41.3 Å². The number of imidazole rings is 1. The largest absolute Gasteiger partial charge is 0.361 e. The molecular formula is C27H37BrN4O2Si. The number of carbonyl (C=O) groups excluding carboxylic acids is 1. The van der Waals surface area contributed by atoms with Crippen molar-refractivity contribution in [2.24, 2.45) is 0 Å². The Kier molecular flexibility index (Phi) is 8.25. The van der Waals surface area contributed by atoms with E-state index in [1.165, 1.54) is 31.2 Å². The number of ketones is 1. The van der Waals surface area contributed by atoms with Crippen molar-refractivity contribution in [1.82, 2.24) is 19.4 Å². The fourth-order valence-electron chi connectivity index (χ4n) is 4.83. The minimum absolute atomic E-state index is 0.119. The van der Waals surface area contributed by atoms with Crippen LogP contribution in [0.15, 0.2) is 41.1 Å². The Hall–Kier alpha value is -1.87. The molecule has 1 aliphatic rings. The number of hydrogen-bond acceptors (Lipinski definition) is 5. The normalized spacial score (nSPS) is 18.9. The van der Waals surface area contributed by atoms with Crippen LogP contribution >= 0.6 is 15.9 Å². The Morgan fingerprint density at radius 3 is 2.54 bits per heavy atom. The van der Waals surface area contributed by atoms with E-state index in [4.69, 9.17) is 9.72 Å². The number of rotatable bonds is 9. The highest BCUT2D eigenvalue weighted by molar-refractivity contribution is 9.10. The van der Waals surface area contributed by atoms with Gasteiger partial charge in [-0.3, -0.25) is 9.36 Å². The summed E-state index contributed by atoms with van der Waals surface area (Å²) in [6.45, 7) is 8.05. The van der Waals surface area contributed by atoms with E-state index >= 15 is 0 Å². The zero-order chi connectivity index (χ0) is 25.2. The minimum Gasteiger partial charge on any atom is -0.361 e. The van der Waals surface area contributed by atoms with Crippen molar-refractivity contribution < 1.29 is 9.53 Å². The molecule has 0 N–H and O–H groups in total. The van der Waals surface area contributed by atoms with Crippen LogP contribution in [-0.4, -0.2) is 60.0 Å². The van der Waals surface area contributed by atoms with Crippen LogP contribution in [-0.2, 0) is 11.5 Å². The molecular weight excluding hydrogens is 520 g/mol. The molecule has 0 unspecified atom stereocenters. The summed E-state index contributed by atoms with van der Waals surface area (Å²) >= 11 is 3.38. The number of halogens is 1. The highest BCUT2D eigenvalue weighted by atomic mass is 79.9. The first-order valence-electron chi connectivity index (χ1n) is 12.5. The summed E-state index contributed by atoms with van der Waals surface area (Å²) < 4.78 is 8.71. The second kappa shape index (κ2) is 11.0. The highest BCUT2D eigenvalue weighted by Crippen LogP contribution is 2.35. The summed E-state index contributed by atoms with van der Waals surface area (Å²) in [5.41, 5.74) is 3.71. The Bertz CT molecular complexity index is 1180. The fraction of sp³-hybridized carbons (Fsp3) is 0.519. The molecule has 1 aromatic carbocycles. The second-order valence-electron chi connectivity index (χ2n) is 11.1. The van der Waals surface area contributed by atoms with Crippen LogP contribution in [0.2, 0.25) is 25.7 Å². The van der Waals surface area contributed by atoms with E-state index in [0.717, 1.165) is 17.1 Å². The van der Waals surface area contributed by atoms with Crippen molar-refractivity contribution in [3.8, 4) is 0 Å². The molecule has 4 rings (SSSR count). The van der Waals surface area contributed by atoms with E-state index in [9.17, 15) is 4.79 Å². The summed E-state index contributed by atoms with van der Waals surface area (Å²) in [5, 5.41) is 0. The molecule has 0 radical (unpaired) electrons. The quantitative estimate of drug-likeness (QED) is 0.133. The number of aromatic nitrogens is 3. The van der Waals surface area contributed by atoms with Gasteiger partial charge < -0.3 is 9.64 Å². The Balaban J connectivity index is 1.65. The third-order valence-electron chi connectivity index (χ3n) is 7.08. The first-order chi connectivity index (χ1) is 16.6. The SMILES string of the molecule is CN(C)C1CCC(c2ccc3nc(C(=O)c4ccnc(Br)c4)n(COCC[Si](C)(C)C)c3c2)CC1. The Morgan fingerprint density at radius 2 is 1.89 bits per heavy atom. The molecule has 0 spiro atoms. The first-order valence-corrected chi connectivity index (χ1v) is 17.0. The predicted molar refractivity (Wildman–Crippen MR) is 148 cm³/mol. The topological polar surface area (TPSA) is 60.2 Å². The van der Waals surface area contributed by atoms with Gasteiger partial charge in [0.05, 0.1) is 11.0 Å². The summed E-state index contributed by atoms with van der Waals surface area (Å²) in [4.78, 5) is 24.8. The molecule has 35 heavy (non-hydrogen) atoms. The third kappa shape index (κ3) is 6.47. The summed E-state index contributed by atoms with van der Waals surface area (Å²) in [6.07, 6.45) is 6.44.